The van der Waals surface area contributed by atoms with Crippen molar-refractivity contribution in [2.24, 2.45) is 0 Å². The molecule has 2 aromatic rings. The number of fused-ring (bicyclic) bond motifs is 1. The molecule has 0 radical (unpaired) electrons. The second kappa shape index (κ2) is 6.32. The van der Waals surface area contributed by atoms with Crippen LogP contribution in [0.3, 0.4) is 0 Å². The van der Waals surface area contributed by atoms with Crippen LogP contribution in [0.25, 0.3) is 0 Å². The number of hydrogen-bond acceptors (Lipinski definition) is 3. The summed E-state index contributed by atoms with van der Waals surface area (Å²) in [6, 6.07) is 13.6. The van der Waals surface area contributed by atoms with Crippen LogP contribution in [0.1, 0.15) is 41.3 Å². The molecule has 0 saturated carbocycles. The van der Waals surface area contributed by atoms with E-state index in [1.165, 1.54) is 5.56 Å². The highest BCUT2D eigenvalue weighted by atomic mass is 16.7. The number of carbonyl (C=O) groups is 1. The molecule has 1 aliphatic rings. The van der Waals surface area contributed by atoms with E-state index in [1.807, 2.05) is 49.5 Å². The summed E-state index contributed by atoms with van der Waals surface area (Å²) in [7, 11) is 1.81. The van der Waals surface area contributed by atoms with Gasteiger partial charge in [0.2, 0.25) is 6.79 Å². The average molecular weight is 311 g/mol. The van der Waals surface area contributed by atoms with Gasteiger partial charge in [0.05, 0.1) is 0 Å². The van der Waals surface area contributed by atoms with Gasteiger partial charge in [-0.05, 0) is 41.3 Å². The fraction of sp³-hybridized carbons (Fsp3) is 0.316. The van der Waals surface area contributed by atoms with Gasteiger partial charge in [-0.2, -0.15) is 0 Å². The summed E-state index contributed by atoms with van der Waals surface area (Å²) in [5, 5.41) is 0. The van der Waals surface area contributed by atoms with Gasteiger partial charge in [-0.3, -0.25) is 4.79 Å². The molecule has 1 aliphatic heterocycles. The first-order valence-electron chi connectivity index (χ1n) is 7.78. The van der Waals surface area contributed by atoms with E-state index in [0.717, 1.165) is 17.1 Å². The third-order valence-corrected chi connectivity index (χ3v) is 4.03. The minimum Gasteiger partial charge on any atom is -0.454 e. The molecule has 1 heterocycles. The maximum atomic E-state index is 12.5. The number of hydrogen-bond donors (Lipinski definition) is 0. The predicted octanol–water partition coefficient (Wildman–Crippen LogP) is 3.81. The van der Waals surface area contributed by atoms with Crippen LogP contribution >= 0.6 is 0 Å². The summed E-state index contributed by atoms with van der Waals surface area (Å²) in [5.41, 5.74) is 2.96. The predicted molar refractivity (Wildman–Crippen MR) is 88.9 cm³/mol. The van der Waals surface area contributed by atoms with E-state index in [-0.39, 0.29) is 12.7 Å². The second-order valence-electron chi connectivity index (χ2n) is 6.13. The molecule has 0 atom stereocenters. The first-order chi connectivity index (χ1) is 11.0. The minimum absolute atomic E-state index is 0.0120. The first-order valence-corrected chi connectivity index (χ1v) is 7.78. The zero-order valence-corrected chi connectivity index (χ0v) is 13.7. The lowest BCUT2D eigenvalue weighted by Crippen LogP contribution is -2.26. The summed E-state index contributed by atoms with van der Waals surface area (Å²) in [6.07, 6.45) is 0. The van der Waals surface area contributed by atoms with Crippen LogP contribution in [0.15, 0.2) is 42.5 Å². The molecule has 120 valence electrons. The Morgan fingerprint density at radius 1 is 1.09 bits per heavy atom. The molecule has 0 fully saturated rings. The molecule has 2 aromatic carbocycles. The number of rotatable bonds is 4. The van der Waals surface area contributed by atoms with Gasteiger partial charge >= 0.3 is 0 Å². The zero-order chi connectivity index (χ0) is 16.4. The van der Waals surface area contributed by atoms with Crippen LogP contribution in [0.5, 0.6) is 11.5 Å². The third kappa shape index (κ3) is 3.31. The minimum atomic E-state index is 0.0120. The molecule has 0 spiro atoms. The van der Waals surface area contributed by atoms with Crippen molar-refractivity contribution in [1.82, 2.24) is 4.90 Å². The van der Waals surface area contributed by atoms with Crippen LogP contribution in [0.2, 0.25) is 0 Å². The maximum Gasteiger partial charge on any atom is 0.253 e. The summed E-state index contributed by atoms with van der Waals surface area (Å²) in [6.45, 7) is 5.07. The lowest BCUT2D eigenvalue weighted by atomic mass is 10.0. The molecule has 4 nitrogen and oxygen atoms in total. The summed E-state index contributed by atoms with van der Waals surface area (Å²) in [4.78, 5) is 14.2. The van der Waals surface area contributed by atoms with Crippen LogP contribution in [-0.4, -0.2) is 24.6 Å². The Bertz CT molecular complexity index is 707. The van der Waals surface area contributed by atoms with E-state index in [1.54, 1.807) is 4.90 Å². The summed E-state index contributed by atoms with van der Waals surface area (Å²) >= 11 is 0. The lowest BCUT2D eigenvalue weighted by Gasteiger charge is -2.18. The summed E-state index contributed by atoms with van der Waals surface area (Å²) in [5.74, 6) is 1.97. The van der Waals surface area contributed by atoms with Crippen molar-refractivity contribution in [3.8, 4) is 11.5 Å². The standard InChI is InChI=1S/C19H21NO3/c1-13(2)15-5-7-16(8-6-15)19(21)20(3)11-14-4-9-17-18(10-14)23-12-22-17/h4-10,13H,11-12H2,1-3H3. The van der Waals surface area contributed by atoms with Crippen molar-refractivity contribution < 1.29 is 14.3 Å². The molecule has 3 rings (SSSR count). The van der Waals surface area contributed by atoms with E-state index in [0.29, 0.717) is 18.0 Å². The van der Waals surface area contributed by atoms with Gasteiger partial charge in [-0.25, -0.2) is 0 Å². The molecule has 0 unspecified atom stereocenters. The van der Waals surface area contributed by atoms with E-state index in [9.17, 15) is 4.79 Å². The molecule has 0 aromatic heterocycles. The summed E-state index contributed by atoms with van der Waals surface area (Å²) < 4.78 is 10.7. The average Bonchev–Trinajstić information content (AvgIpc) is 3.01. The molecule has 1 amide bonds. The highest BCUT2D eigenvalue weighted by molar-refractivity contribution is 5.94. The fourth-order valence-electron chi connectivity index (χ4n) is 2.62. The monoisotopic (exact) mass is 311 g/mol. The number of ether oxygens (including phenoxy) is 2. The Hall–Kier alpha value is -2.49. The van der Waals surface area contributed by atoms with E-state index < -0.39 is 0 Å². The second-order valence-corrected chi connectivity index (χ2v) is 6.13. The van der Waals surface area contributed by atoms with Crippen molar-refractivity contribution in [1.29, 1.82) is 0 Å². The van der Waals surface area contributed by atoms with Crippen molar-refractivity contribution >= 4 is 5.91 Å². The Kier molecular flexibility index (Phi) is 4.24. The van der Waals surface area contributed by atoms with Gasteiger partial charge in [0.15, 0.2) is 11.5 Å². The van der Waals surface area contributed by atoms with Gasteiger partial charge in [-0.1, -0.05) is 32.0 Å². The van der Waals surface area contributed by atoms with Gasteiger partial charge in [0, 0.05) is 19.2 Å². The Balaban J connectivity index is 1.69. The van der Waals surface area contributed by atoms with Crippen molar-refractivity contribution in [2.75, 3.05) is 13.8 Å². The highest BCUT2D eigenvalue weighted by Gasteiger charge is 2.16. The number of benzene rings is 2. The normalized spacial score (nSPS) is 12.5. The maximum absolute atomic E-state index is 12.5. The molecular formula is C19H21NO3. The molecular weight excluding hydrogens is 290 g/mol. The van der Waals surface area contributed by atoms with Crippen molar-refractivity contribution in [3.05, 3.63) is 59.2 Å². The fourth-order valence-corrected chi connectivity index (χ4v) is 2.62. The molecule has 0 aliphatic carbocycles. The topological polar surface area (TPSA) is 38.8 Å². The van der Waals surface area contributed by atoms with Crippen molar-refractivity contribution in [2.45, 2.75) is 26.3 Å². The molecule has 23 heavy (non-hydrogen) atoms. The van der Waals surface area contributed by atoms with Crippen LogP contribution in [-0.2, 0) is 6.54 Å². The Morgan fingerprint density at radius 2 is 1.78 bits per heavy atom. The number of nitrogens with zero attached hydrogens (tertiary/aromatic N) is 1. The lowest BCUT2D eigenvalue weighted by molar-refractivity contribution is 0.0785. The first kappa shape index (κ1) is 15.4. The zero-order valence-electron chi connectivity index (χ0n) is 13.7. The molecule has 4 heteroatoms. The van der Waals surface area contributed by atoms with Gasteiger partial charge in [0.25, 0.3) is 5.91 Å². The quantitative estimate of drug-likeness (QED) is 0.862. The SMILES string of the molecule is CC(C)c1ccc(C(=O)N(C)Cc2ccc3c(c2)OCO3)cc1. The highest BCUT2D eigenvalue weighted by Crippen LogP contribution is 2.32. The van der Waals surface area contributed by atoms with Crippen molar-refractivity contribution in [3.63, 3.8) is 0 Å². The van der Waals surface area contributed by atoms with E-state index in [4.69, 9.17) is 9.47 Å². The van der Waals surface area contributed by atoms with Crippen LogP contribution < -0.4 is 9.47 Å². The van der Waals surface area contributed by atoms with E-state index >= 15 is 0 Å². The Labute approximate surface area is 136 Å². The van der Waals surface area contributed by atoms with Crippen LogP contribution in [0.4, 0.5) is 0 Å². The molecule has 0 N–H and O–H groups in total. The number of amides is 1. The molecule has 0 saturated heterocycles. The smallest absolute Gasteiger partial charge is 0.253 e. The van der Waals surface area contributed by atoms with Gasteiger partial charge in [0.1, 0.15) is 0 Å². The van der Waals surface area contributed by atoms with E-state index in [2.05, 4.69) is 13.8 Å². The van der Waals surface area contributed by atoms with Gasteiger partial charge < -0.3 is 14.4 Å². The molecule has 0 bridgehead atoms. The van der Waals surface area contributed by atoms with Crippen LogP contribution in [0, 0.1) is 0 Å². The largest absolute Gasteiger partial charge is 0.454 e. The third-order valence-electron chi connectivity index (χ3n) is 4.03. The Morgan fingerprint density at radius 3 is 2.48 bits per heavy atom. The number of carbonyl (C=O) groups excluding carboxylic acids is 1. The van der Waals surface area contributed by atoms with Gasteiger partial charge in [-0.15, -0.1) is 0 Å².